The standard InChI is InChI=1S/C24H18N2O3/c1-16-9-8-14-20(25-16)26-21(27)15-19(17-10-4-2-5-11-17)22(24(26)29)23(28)18-12-6-3-7-13-18/h2-15,29H,1H3. The molecule has 0 amide bonds. The Bertz CT molecular complexity index is 1250. The Morgan fingerprint density at radius 1 is 0.897 bits per heavy atom. The number of rotatable bonds is 4. The third kappa shape index (κ3) is 3.46. The topological polar surface area (TPSA) is 72.2 Å². The first-order valence-electron chi connectivity index (χ1n) is 9.14. The molecular weight excluding hydrogens is 364 g/mol. The number of hydrogen-bond acceptors (Lipinski definition) is 4. The van der Waals surface area contributed by atoms with Crippen LogP contribution in [-0.4, -0.2) is 20.4 Å². The molecule has 2 aromatic heterocycles. The lowest BCUT2D eigenvalue weighted by Gasteiger charge is -2.16. The minimum atomic E-state index is -0.468. The van der Waals surface area contributed by atoms with Crippen LogP contribution in [0.25, 0.3) is 16.9 Å². The van der Waals surface area contributed by atoms with Crippen molar-refractivity contribution in [1.82, 2.24) is 9.55 Å². The molecule has 0 saturated carbocycles. The number of aromatic nitrogens is 2. The van der Waals surface area contributed by atoms with Gasteiger partial charge >= 0.3 is 0 Å². The molecule has 5 nitrogen and oxygen atoms in total. The van der Waals surface area contributed by atoms with Crippen molar-refractivity contribution in [3.8, 4) is 22.8 Å². The molecule has 1 N–H and O–H groups in total. The van der Waals surface area contributed by atoms with Gasteiger partial charge < -0.3 is 5.11 Å². The van der Waals surface area contributed by atoms with E-state index >= 15 is 0 Å². The fraction of sp³-hybridized carbons (Fsp3) is 0.0417. The Morgan fingerprint density at radius 2 is 1.55 bits per heavy atom. The van der Waals surface area contributed by atoms with Gasteiger partial charge in [-0.3, -0.25) is 9.59 Å². The highest BCUT2D eigenvalue weighted by Gasteiger charge is 2.24. The van der Waals surface area contributed by atoms with Gasteiger partial charge in [-0.1, -0.05) is 66.7 Å². The fourth-order valence-corrected chi connectivity index (χ4v) is 3.27. The zero-order chi connectivity index (χ0) is 20.4. The number of benzene rings is 2. The van der Waals surface area contributed by atoms with Crippen LogP contribution < -0.4 is 5.56 Å². The zero-order valence-electron chi connectivity index (χ0n) is 15.7. The van der Waals surface area contributed by atoms with Crippen LogP contribution in [0.4, 0.5) is 0 Å². The maximum atomic E-state index is 13.3. The lowest BCUT2D eigenvalue weighted by Crippen LogP contribution is -2.22. The van der Waals surface area contributed by atoms with Crippen molar-refractivity contribution in [2.24, 2.45) is 0 Å². The van der Waals surface area contributed by atoms with Gasteiger partial charge in [0.05, 0.1) is 5.56 Å². The minimum absolute atomic E-state index is 0.0605. The van der Waals surface area contributed by atoms with Crippen molar-refractivity contribution >= 4 is 5.78 Å². The van der Waals surface area contributed by atoms with Crippen LogP contribution in [0.2, 0.25) is 0 Å². The predicted octanol–water partition coefficient (Wildman–Crippen LogP) is 4.14. The number of carbonyl (C=O) groups excluding carboxylic acids is 1. The number of aromatic hydroxyl groups is 1. The largest absolute Gasteiger partial charge is 0.494 e. The molecule has 0 aliphatic rings. The molecule has 0 bridgehead atoms. The van der Waals surface area contributed by atoms with E-state index < -0.39 is 11.4 Å². The van der Waals surface area contributed by atoms with Crippen LogP contribution in [0.5, 0.6) is 5.88 Å². The Labute approximate surface area is 167 Å². The minimum Gasteiger partial charge on any atom is -0.494 e. The molecule has 2 aromatic carbocycles. The summed E-state index contributed by atoms with van der Waals surface area (Å²) < 4.78 is 1.07. The van der Waals surface area contributed by atoms with Gasteiger partial charge in [0.25, 0.3) is 5.56 Å². The number of carbonyl (C=O) groups is 1. The van der Waals surface area contributed by atoms with Crippen molar-refractivity contribution in [2.45, 2.75) is 6.92 Å². The van der Waals surface area contributed by atoms with Crippen molar-refractivity contribution < 1.29 is 9.90 Å². The van der Waals surface area contributed by atoms with Crippen LogP contribution in [0.3, 0.4) is 0 Å². The average molecular weight is 382 g/mol. The molecule has 0 atom stereocenters. The molecule has 0 unspecified atom stereocenters. The number of nitrogens with zero attached hydrogens (tertiary/aromatic N) is 2. The second-order valence-electron chi connectivity index (χ2n) is 6.63. The van der Waals surface area contributed by atoms with Gasteiger partial charge in [0.2, 0.25) is 5.88 Å². The van der Waals surface area contributed by atoms with Crippen LogP contribution in [-0.2, 0) is 0 Å². The molecule has 142 valence electrons. The summed E-state index contributed by atoms with van der Waals surface area (Å²) in [5.74, 6) is -0.541. The van der Waals surface area contributed by atoms with E-state index in [1.807, 2.05) is 24.3 Å². The zero-order valence-corrected chi connectivity index (χ0v) is 15.7. The highest BCUT2D eigenvalue weighted by Crippen LogP contribution is 2.31. The van der Waals surface area contributed by atoms with Gasteiger partial charge in [0.1, 0.15) is 5.82 Å². The van der Waals surface area contributed by atoms with Gasteiger partial charge in [-0.2, -0.15) is 0 Å². The summed E-state index contributed by atoms with van der Waals surface area (Å²) >= 11 is 0. The SMILES string of the molecule is Cc1cccc(-n2c(O)c(C(=O)c3ccccc3)c(-c3ccccc3)cc2=O)n1. The monoisotopic (exact) mass is 382 g/mol. The van der Waals surface area contributed by atoms with Gasteiger partial charge in [-0.25, -0.2) is 9.55 Å². The first-order valence-corrected chi connectivity index (χ1v) is 9.14. The molecular formula is C24H18N2O3. The van der Waals surface area contributed by atoms with Crippen molar-refractivity contribution in [3.63, 3.8) is 0 Å². The number of hydrogen-bond donors (Lipinski definition) is 1. The van der Waals surface area contributed by atoms with Gasteiger partial charge in [0.15, 0.2) is 5.78 Å². The second kappa shape index (κ2) is 7.56. The van der Waals surface area contributed by atoms with Gasteiger partial charge in [0, 0.05) is 22.9 Å². The number of ketones is 1. The first kappa shape index (κ1) is 18.4. The molecule has 4 rings (SSSR count). The maximum Gasteiger partial charge on any atom is 0.259 e. The third-order valence-electron chi connectivity index (χ3n) is 4.64. The lowest BCUT2D eigenvalue weighted by molar-refractivity contribution is 0.103. The summed E-state index contributed by atoms with van der Waals surface area (Å²) in [6, 6.07) is 24.3. The molecule has 0 aliphatic heterocycles. The second-order valence-corrected chi connectivity index (χ2v) is 6.63. The molecule has 5 heteroatoms. The van der Waals surface area contributed by atoms with E-state index in [0.717, 1.165) is 4.57 Å². The summed E-state index contributed by atoms with van der Waals surface area (Å²) in [7, 11) is 0. The Hall–Kier alpha value is -3.99. The summed E-state index contributed by atoms with van der Waals surface area (Å²) in [4.78, 5) is 30.6. The molecule has 29 heavy (non-hydrogen) atoms. The smallest absolute Gasteiger partial charge is 0.259 e. The summed E-state index contributed by atoms with van der Waals surface area (Å²) in [5.41, 5.74) is 1.75. The van der Waals surface area contributed by atoms with Crippen molar-refractivity contribution in [3.05, 3.63) is 112 Å². The van der Waals surface area contributed by atoms with E-state index in [-0.39, 0.29) is 17.2 Å². The molecule has 4 aromatic rings. The summed E-state index contributed by atoms with van der Waals surface area (Å²) in [6.07, 6.45) is 0. The van der Waals surface area contributed by atoms with Crippen LogP contribution in [0.15, 0.2) is 89.7 Å². The maximum absolute atomic E-state index is 13.3. The molecule has 0 aliphatic carbocycles. The van der Waals surface area contributed by atoms with Gasteiger partial charge in [-0.05, 0) is 24.6 Å². The van der Waals surface area contributed by atoms with E-state index in [9.17, 15) is 14.7 Å². The van der Waals surface area contributed by atoms with Crippen LogP contribution in [0.1, 0.15) is 21.6 Å². The van der Waals surface area contributed by atoms with E-state index in [4.69, 9.17) is 0 Å². The molecule has 0 saturated heterocycles. The van der Waals surface area contributed by atoms with Gasteiger partial charge in [-0.15, -0.1) is 0 Å². The van der Waals surface area contributed by atoms with Crippen molar-refractivity contribution in [2.75, 3.05) is 0 Å². The number of aryl methyl sites for hydroxylation is 1. The van der Waals surface area contributed by atoms with Crippen molar-refractivity contribution in [1.29, 1.82) is 0 Å². The third-order valence-corrected chi connectivity index (χ3v) is 4.64. The van der Waals surface area contributed by atoms with E-state index in [2.05, 4.69) is 4.98 Å². The first-order chi connectivity index (χ1) is 14.1. The normalized spacial score (nSPS) is 10.7. The molecule has 0 radical (unpaired) electrons. The average Bonchev–Trinajstić information content (AvgIpc) is 2.74. The quantitative estimate of drug-likeness (QED) is 0.538. The molecule has 0 spiro atoms. The van der Waals surface area contributed by atoms with E-state index in [1.54, 1.807) is 61.5 Å². The highest BCUT2D eigenvalue weighted by molar-refractivity contribution is 6.14. The lowest BCUT2D eigenvalue weighted by atomic mass is 9.95. The van der Waals surface area contributed by atoms with E-state index in [0.29, 0.717) is 22.4 Å². The molecule has 2 heterocycles. The fourth-order valence-electron chi connectivity index (χ4n) is 3.27. The Balaban J connectivity index is 2.03. The summed E-state index contributed by atoms with van der Waals surface area (Å²) in [5, 5.41) is 11.1. The molecule has 0 fully saturated rings. The van der Waals surface area contributed by atoms with Crippen LogP contribution in [0, 0.1) is 6.92 Å². The van der Waals surface area contributed by atoms with E-state index in [1.165, 1.54) is 6.07 Å². The predicted molar refractivity (Wildman–Crippen MR) is 112 cm³/mol. The Morgan fingerprint density at radius 3 is 2.21 bits per heavy atom. The number of pyridine rings is 2. The Kier molecular flexibility index (Phi) is 4.79. The highest BCUT2D eigenvalue weighted by atomic mass is 16.3. The van der Waals surface area contributed by atoms with Crippen LogP contribution >= 0.6 is 0 Å². The summed E-state index contributed by atoms with van der Waals surface area (Å²) in [6.45, 7) is 1.79.